The van der Waals surface area contributed by atoms with Crippen molar-refractivity contribution in [3.8, 4) is 0 Å². The molecule has 0 saturated heterocycles. The third-order valence-electron chi connectivity index (χ3n) is 4.74. The maximum Gasteiger partial charge on any atom is 0.313 e. The molecule has 106 valence electrons. The summed E-state index contributed by atoms with van der Waals surface area (Å²) in [6.07, 6.45) is 5.92. The lowest BCUT2D eigenvalue weighted by Crippen LogP contribution is -2.34. The zero-order chi connectivity index (χ0) is 14.3. The molecular formula is C17H19ClO2. The van der Waals surface area contributed by atoms with E-state index in [0.717, 1.165) is 30.7 Å². The minimum absolute atomic E-state index is 0.491. The van der Waals surface area contributed by atoms with Crippen molar-refractivity contribution in [3.63, 3.8) is 0 Å². The molecular weight excluding hydrogens is 272 g/mol. The number of allylic oxidation sites excluding steroid dienone is 1. The van der Waals surface area contributed by atoms with Crippen LogP contribution in [0.4, 0.5) is 0 Å². The van der Waals surface area contributed by atoms with Gasteiger partial charge in [-0.25, -0.2) is 0 Å². The van der Waals surface area contributed by atoms with Crippen molar-refractivity contribution in [2.24, 2.45) is 11.3 Å². The molecule has 0 spiro atoms. The van der Waals surface area contributed by atoms with Gasteiger partial charge in [0.1, 0.15) is 0 Å². The molecule has 2 bridgehead atoms. The molecule has 20 heavy (non-hydrogen) atoms. The van der Waals surface area contributed by atoms with Gasteiger partial charge in [0, 0.05) is 5.02 Å². The summed E-state index contributed by atoms with van der Waals surface area (Å²) in [6, 6.07) is 8.09. The Bertz CT molecular complexity index is 561. The molecule has 1 fully saturated rings. The van der Waals surface area contributed by atoms with Crippen LogP contribution < -0.4 is 0 Å². The number of fused-ring (bicyclic) bond motifs is 2. The van der Waals surface area contributed by atoms with Crippen LogP contribution in [0.3, 0.4) is 0 Å². The van der Waals surface area contributed by atoms with E-state index < -0.39 is 11.4 Å². The Balaban J connectivity index is 1.85. The Hall–Kier alpha value is -1.28. The van der Waals surface area contributed by atoms with E-state index in [0.29, 0.717) is 11.8 Å². The van der Waals surface area contributed by atoms with Gasteiger partial charge < -0.3 is 5.11 Å². The van der Waals surface area contributed by atoms with E-state index >= 15 is 0 Å². The van der Waals surface area contributed by atoms with E-state index in [1.807, 2.05) is 25.1 Å². The van der Waals surface area contributed by atoms with Crippen LogP contribution >= 0.6 is 11.6 Å². The highest BCUT2D eigenvalue weighted by Crippen LogP contribution is 2.49. The average molecular weight is 291 g/mol. The summed E-state index contributed by atoms with van der Waals surface area (Å²) in [5, 5.41) is 10.2. The number of carbonyl (C=O) groups is 1. The summed E-state index contributed by atoms with van der Waals surface area (Å²) in [5.74, 6) is 0.311. The first-order valence-electron chi connectivity index (χ1n) is 7.16. The summed E-state index contributed by atoms with van der Waals surface area (Å²) in [5.41, 5.74) is 1.98. The fourth-order valence-corrected chi connectivity index (χ4v) is 3.99. The van der Waals surface area contributed by atoms with E-state index in [-0.39, 0.29) is 0 Å². The first-order valence-corrected chi connectivity index (χ1v) is 7.53. The highest BCUT2D eigenvalue weighted by Gasteiger charge is 2.41. The van der Waals surface area contributed by atoms with E-state index in [2.05, 4.69) is 12.1 Å². The van der Waals surface area contributed by atoms with Gasteiger partial charge in [-0.2, -0.15) is 0 Å². The largest absolute Gasteiger partial charge is 0.481 e. The quantitative estimate of drug-likeness (QED) is 0.805. The van der Waals surface area contributed by atoms with Gasteiger partial charge in [0.15, 0.2) is 0 Å². The van der Waals surface area contributed by atoms with Crippen molar-refractivity contribution in [2.75, 3.05) is 0 Å². The number of halogens is 1. The number of hydrogen-bond acceptors (Lipinski definition) is 1. The normalized spacial score (nSPS) is 32.6. The van der Waals surface area contributed by atoms with Crippen LogP contribution in [0.1, 0.15) is 44.1 Å². The maximum atomic E-state index is 11.4. The van der Waals surface area contributed by atoms with Crippen LogP contribution in [0.15, 0.2) is 35.9 Å². The van der Waals surface area contributed by atoms with Crippen LogP contribution in [0.2, 0.25) is 5.02 Å². The fraction of sp³-hybridized carbons (Fsp3) is 0.471. The van der Waals surface area contributed by atoms with Crippen molar-refractivity contribution in [1.82, 2.24) is 0 Å². The molecule has 1 aromatic carbocycles. The summed E-state index contributed by atoms with van der Waals surface area (Å²) in [4.78, 5) is 11.4. The number of carboxylic acid groups (broad SMARTS) is 1. The predicted octanol–water partition coefficient (Wildman–Crippen LogP) is 4.64. The summed E-state index contributed by atoms with van der Waals surface area (Å²) in [7, 11) is 0. The molecule has 3 unspecified atom stereocenters. The smallest absolute Gasteiger partial charge is 0.313 e. The molecule has 1 N–H and O–H groups in total. The first-order chi connectivity index (χ1) is 9.46. The van der Waals surface area contributed by atoms with E-state index in [4.69, 9.17) is 11.6 Å². The van der Waals surface area contributed by atoms with E-state index in [1.165, 1.54) is 11.1 Å². The monoisotopic (exact) mass is 290 g/mol. The van der Waals surface area contributed by atoms with Gasteiger partial charge >= 0.3 is 5.97 Å². The molecule has 1 aromatic rings. The average Bonchev–Trinajstić information content (AvgIpc) is 2.38. The van der Waals surface area contributed by atoms with E-state index in [9.17, 15) is 9.90 Å². The number of aliphatic carboxylic acids is 1. The first kappa shape index (κ1) is 13.7. The zero-order valence-corrected chi connectivity index (χ0v) is 12.4. The van der Waals surface area contributed by atoms with Gasteiger partial charge in [0.05, 0.1) is 5.41 Å². The second kappa shape index (κ2) is 4.92. The Morgan fingerprint density at radius 3 is 2.60 bits per heavy atom. The highest BCUT2D eigenvalue weighted by molar-refractivity contribution is 6.30. The molecule has 0 aliphatic heterocycles. The van der Waals surface area contributed by atoms with Crippen molar-refractivity contribution in [3.05, 3.63) is 46.5 Å². The lowest BCUT2D eigenvalue weighted by molar-refractivity contribution is -0.146. The molecule has 2 aliphatic carbocycles. The molecule has 0 aromatic heterocycles. The van der Waals surface area contributed by atoms with Crippen molar-refractivity contribution < 1.29 is 9.90 Å². The predicted molar refractivity (Wildman–Crippen MR) is 80.0 cm³/mol. The summed E-state index contributed by atoms with van der Waals surface area (Å²) >= 11 is 5.94. The van der Waals surface area contributed by atoms with Gasteiger partial charge in [-0.15, -0.1) is 0 Å². The van der Waals surface area contributed by atoms with Crippen molar-refractivity contribution in [2.45, 2.75) is 38.5 Å². The topological polar surface area (TPSA) is 37.3 Å². The van der Waals surface area contributed by atoms with Crippen LogP contribution in [0.25, 0.3) is 0 Å². The Morgan fingerprint density at radius 2 is 2.00 bits per heavy atom. The molecule has 2 nitrogen and oxygen atoms in total. The number of hydrogen-bond donors (Lipinski definition) is 1. The van der Waals surface area contributed by atoms with Gasteiger partial charge in [0.2, 0.25) is 0 Å². The third-order valence-corrected chi connectivity index (χ3v) is 4.99. The number of rotatable bonds is 2. The zero-order valence-electron chi connectivity index (χ0n) is 11.6. The van der Waals surface area contributed by atoms with Crippen LogP contribution in [-0.2, 0) is 4.79 Å². The van der Waals surface area contributed by atoms with Gasteiger partial charge in [-0.3, -0.25) is 4.79 Å². The minimum Gasteiger partial charge on any atom is -0.481 e. The standard InChI is InChI=1S/C17H19ClO2/c1-17(16(19)20)9-11-6-12(10-17)8-14(7-11)13-2-4-15(18)5-3-13/h2-5,9,12,14H,6-8,10H2,1H3,(H,19,20). The van der Waals surface area contributed by atoms with Crippen molar-refractivity contribution >= 4 is 17.6 Å². The highest BCUT2D eigenvalue weighted by atomic mass is 35.5. The molecule has 3 rings (SSSR count). The van der Waals surface area contributed by atoms with Crippen LogP contribution in [0.5, 0.6) is 0 Å². The molecule has 3 heteroatoms. The lowest BCUT2D eigenvalue weighted by atomic mass is 9.64. The minimum atomic E-state index is -0.690. The fourth-order valence-electron chi connectivity index (χ4n) is 3.86. The number of carboxylic acids is 1. The van der Waals surface area contributed by atoms with Gasteiger partial charge in [-0.05, 0) is 62.1 Å². The maximum absolute atomic E-state index is 11.4. The Labute approximate surface area is 124 Å². The molecule has 0 amide bonds. The Morgan fingerprint density at radius 1 is 1.30 bits per heavy atom. The summed E-state index contributed by atoms with van der Waals surface area (Å²) in [6.45, 7) is 1.85. The second-order valence-corrected chi connectivity index (χ2v) is 6.92. The van der Waals surface area contributed by atoms with E-state index in [1.54, 1.807) is 0 Å². The van der Waals surface area contributed by atoms with Gasteiger partial charge in [0.25, 0.3) is 0 Å². The third kappa shape index (κ3) is 2.49. The molecule has 1 saturated carbocycles. The molecule has 2 aliphatic rings. The molecule has 0 radical (unpaired) electrons. The lowest BCUT2D eigenvalue weighted by Gasteiger charge is -2.40. The molecule has 0 heterocycles. The van der Waals surface area contributed by atoms with Crippen molar-refractivity contribution in [1.29, 1.82) is 0 Å². The summed E-state index contributed by atoms with van der Waals surface area (Å²) < 4.78 is 0. The Kier molecular flexibility index (Phi) is 3.37. The van der Waals surface area contributed by atoms with Crippen LogP contribution in [-0.4, -0.2) is 11.1 Å². The molecule has 3 atom stereocenters. The second-order valence-electron chi connectivity index (χ2n) is 6.49. The van der Waals surface area contributed by atoms with Crippen LogP contribution in [0, 0.1) is 11.3 Å². The van der Waals surface area contributed by atoms with Gasteiger partial charge in [-0.1, -0.05) is 35.4 Å². The SMILES string of the molecule is CC1(C(=O)O)C=C2CC(CC(c3ccc(Cl)cc3)C2)C1. The number of benzene rings is 1.